The third kappa shape index (κ3) is 6.49. The normalized spacial score (nSPS) is 11.3. The summed E-state index contributed by atoms with van der Waals surface area (Å²) in [5.74, 6) is -0.351. The van der Waals surface area contributed by atoms with Gasteiger partial charge in [0.05, 0.1) is 17.7 Å². The zero-order chi connectivity index (χ0) is 29.5. The van der Waals surface area contributed by atoms with Crippen molar-refractivity contribution in [3.63, 3.8) is 0 Å². The molecule has 0 aliphatic heterocycles. The second kappa shape index (κ2) is 12.9. The first-order valence-electron chi connectivity index (χ1n) is 13.4. The van der Waals surface area contributed by atoms with Gasteiger partial charge in [-0.25, -0.2) is 9.18 Å². The molecule has 10 heteroatoms. The summed E-state index contributed by atoms with van der Waals surface area (Å²) in [7, 11) is 0. The van der Waals surface area contributed by atoms with Crippen molar-refractivity contribution in [2.75, 3.05) is 0 Å². The zero-order valence-corrected chi connectivity index (χ0v) is 22.7. The summed E-state index contributed by atoms with van der Waals surface area (Å²) < 4.78 is 17.9. The number of nitro groups is 1. The van der Waals surface area contributed by atoms with Crippen LogP contribution < -0.4 is 11.2 Å². The zero-order valence-electron chi connectivity index (χ0n) is 22.7. The first-order chi connectivity index (χ1) is 20.4. The molecule has 0 aliphatic rings. The van der Waals surface area contributed by atoms with Gasteiger partial charge in [-0.05, 0) is 42.2 Å². The Morgan fingerprint density at radius 1 is 0.810 bits per heavy atom. The minimum atomic E-state index is -0.952. The first-order valence-corrected chi connectivity index (χ1v) is 13.4. The van der Waals surface area contributed by atoms with Gasteiger partial charge >= 0.3 is 16.9 Å². The Balaban J connectivity index is 1.52. The van der Waals surface area contributed by atoms with Crippen LogP contribution >= 0.6 is 0 Å². The van der Waals surface area contributed by atoms with Crippen LogP contribution in [-0.4, -0.2) is 23.8 Å². The van der Waals surface area contributed by atoms with E-state index in [4.69, 9.17) is 0 Å². The molecule has 0 fully saturated rings. The van der Waals surface area contributed by atoms with E-state index >= 15 is 0 Å². The molecule has 0 unspecified atom stereocenters. The number of aryl methyl sites for hydroxylation is 2. The monoisotopic (exact) mass is 565 g/mol. The molecule has 3 aromatic carbocycles. The highest BCUT2D eigenvalue weighted by molar-refractivity contribution is 5.71. The first kappa shape index (κ1) is 28.2. The second-order valence-electron chi connectivity index (χ2n) is 9.75. The van der Waals surface area contributed by atoms with Gasteiger partial charge in [0.2, 0.25) is 0 Å². The SMILES string of the molecule is O=c1c([N+](=O)[O-])c(C=Cc2cnn(Cc3ccccc3F)c2)n(CCc2ccccc2)c(=O)n1CCc1ccccc1. The number of rotatable bonds is 11. The Morgan fingerprint density at radius 2 is 1.40 bits per heavy atom. The van der Waals surface area contributed by atoms with Crippen molar-refractivity contribution in [3.05, 3.63) is 162 Å². The quantitative estimate of drug-likeness (QED) is 0.166. The lowest BCUT2D eigenvalue weighted by Gasteiger charge is -2.14. The molecule has 0 aliphatic carbocycles. The van der Waals surface area contributed by atoms with Crippen molar-refractivity contribution in [2.45, 2.75) is 32.5 Å². The number of aromatic nitrogens is 4. The van der Waals surface area contributed by atoms with Gasteiger partial charge in [-0.3, -0.25) is 28.7 Å². The topological polar surface area (TPSA) is 105 Å². The average Bonchev–Trinajstić information content (AvgIpc) is 3.44. The highest BCUT2D eigenvalue weighted by Crippen LogP contribution is 2.18. The molecule has 0 atom stereocenters. The van der Waals surface area contributed by atoms with Crippen LogP contribution in [-0.2, 0) is 32.5 Å². The van der Waals surface area contributed by atoms with Crippen LogP contribution in [0.3, 0.4) is 0 Å². The molecule has 5 aromatic rings. The van der Waals surface area contributed by atoms with Gasteiger partial charge in [-0.2, -0.15) is 5.10 Å². The molecule has 0 N–H and O–H groups in total. The molecule has 2 aromatic heterocycles. The minimum Gasteiger partial charge on any atom is -0.287 e. The van der Waals surface area contributed by atoms with E-state index in [1.807, 2.05) is 60.7 Å². The third-order valence-electron chi connectivity index (χ3n) is 6.94. The Hall–Kier alpha value is -5.38. The van der Waals surface area contributed by atoms with Crippen molar-refractivity contribution in [1.82, 2.24) is 18.9 Å². The molecule has 0 saturated heterocycles. The fourth-order valence-electron chi connectivity index (χ4n) is 4.75. The third-order valence-corrected chi connectivity index (χ3v) is 6.94. The van der Waals surface area contributed by atoms with Crippen LogP contribution in [0.2, 0.25) is 0 Å². The van der Waals surface area contributed by atoms with E-state index in [1.54, 1.807) is 30.5 Å². The number of hydrogen-bond donors (Lipinski definition) is 0. The van der Waals surface area contributed by atoms with E-state index in [-0.39, 0.29) is 31.1 Å². The van der Waals surface area contributed by atoms with Crippen LogP contribution in [0.25, 0.3) is 12.2 Å². The van der Waals surface area contributed by atoms with Gasteiger partial charge in [0, 0.05) is 30.4 Å². The number of halogens is 1. The Morgan fingerprint density at radius 3 is 2.02 bits per heavy atom. The lowest BCUT2D eigenvalue weighted by atomic mass is 10.1. The highest BCUT2D eigenvalue weighted by Gasteiger charge is 2.26. The minimum absolute atomic E-state index is 0.000662. The number of hydrogen-bond acceptors (Lipinski definition) is 5. The van der Waals surface area contributed by atoms with Crippen molar-refractivity contribution in [1.29, 1.82) is 0 Å². The summed E-state index contributed by atoms with van der Waals surface area (Å²) in [6.45, 7) is 0.322. The molecule has 9 nitrogen and oxygen atoms in total. The molecule has 212 valence electrons. The fraction of sp³-hybridized carbons (Fsp3) is 0.156. The average molecular weight is 566 g/mol. The van der Waals surface area contributed by atoms with Gasteiger partial charge in [-0.1, -0.05) is 78.9 Å². The van der Waals surface area contributed by atoms with E-state index in [0.717, 1.165) is 15.7 Å². The maximum Gasteiger partial charge on any atom is 0.357 e. The van der Waals surface area contributed by atoms with Crippen LogP contribution in [0.5, 0.6) is 0 Å². The van der Waals surface area contributed by atoms with E-state index in [9.17, 15) is 24.1 Å². The Bertz CT molecular complexity index is 1840. The maximum absolute atomic E-state index is 14.1. The maximum atomic E-state index is 14.1. The summed E-state index contributed by atoms with van der Waals surface area (Å²) in [5, 5.41) is 16.5. The van der Waals surface area contributed by atoms with Gasteiger partial charge in [-0.15, -0.1) is 0 Å². The predicted molar refractivity (Wildman–Crippen MR) is 159 cm³/mol. The Kier molecular flexibility index (Phi) is 8.62. The van der Waals surface area contributed by atoms with Crippen molar-refractivity contribution in [3.8, 4) is 0 Å². The van der Waals surface area contributed by atoms with Crippen LogP contribution in [0.1, 0.15) is 27.9 Å². The summed E-state index contributed by atoms with van der Waals surface area (Å²) in [4.78, 5) is 38.6. The number of benzene rings is 3. The summed E-state index contributed by atoms with van der Waals surface area (Å²) in [6.07, 6.45) is 6.93. The van der Waals surface area contributed by atoms with E-state index in [1.165, 1.54) is 27.6 Å². The molecular weight excluding hydrogens is 537 g/mol. The van der Waals surface area contributed by atoms with Gasteiger partial charge < -0.3 is 0 Å². The van der Waals surface area contributed by atoms with Gasteiger partial charge in [0.1, 0.15) is 11.5 Å². The molecule has 42 heavy (non-hydrogen) atoms. The van der Waals surface area contributed by atoms with Crippen molar-refractivity contribution < 1.29 is 9.31 Å². The van der Waals surface area contributed by atoms with E-state index < -0.39 is 21.9 Å². The van der Waals surface area contributed by atoms with E-state index in [2.05, 4.69) is 5.10 Å². The summed E-state index contributed by atoms with van der Waals surface area (Å²) >= 11 is 0. The Labute approximate surface area is 240 Å². The lowest BCUT2D eigenvalue weighted by Crippen LogP contribution is -2.42. The summed E-state index contributed by atoms with van der Waals surface area (Å²) in [5.41, 5.74) is 0.530. The second-order valence-corrected chi connectivity index (χ2v) is 9.75. The molecule has 0 bridgehead atoms. The fourth-order valence-corrected chi connectivity index (χ4v) is 4.75. The van der Waals surface area contributed by atoms with Crippen molar-refractivity contribution >= 4 is 17.8 Å². The molecule has 0 saturated carbocycles. The molecule has 0 amide bonds. The van der Waals surface area contributed by atoms with Gasteiger partial charge in [0.25, 0.3) is 0 Å². The highest BCUT2D eigenvalue weighted by atomic mass is 19.1. The molecule has 2 heterocycles. The standard InChI is InChI=1S/C32H28FN5O4/c33-28-14-8-7-13-27(28)23-35-22-26(21-34-35)15-16-29-30(38(41)42)31(39)37(20-18-25-11-5-2-6-12-25)32(40)36(29)19-17-24-9-3-1-4-10-24/h1-16,21-22H,17-20,23H2. The van der Waals surface area contributed by atoms with Crippen LogP contribution in [0.15, 0.2) is 107 Å². The predicted octanol–water partition coefficient (Wildman–Crippen LogP) is 4.96. The summed E-state index contributed by atoms with van der Waals surface area (Å²) in [6, 6.07) is 25.1. The van der Waals surface area contributed by atoms with E-state index in [0.29, 0.717) is 24.0 Å². The van der Waals surface area contributed by atoms with Crippen molar-refractivity contribution in [2.24, 2.45) is 0 Å². The van der Waals surface area contributed by atoms with Gasteiger partial charge in [0.15, 0.2) is 0 Å². The number of nitrogens with zero attached hydrogens (tertiary/aromatic N) is 5. The van der Waals surface area contributed by atoms with Crippen LogP contribution in [0.4, 0.5) is 10.1 Å². The molecule has 0 spiro atoms. The lowest BCUT2D eigenvalue weighted by molar-refractivity contribution is -0.387. The largest absolute Gasteiger partial charge is 0.357 e. The van der Waals surface area contributed by atoms with Crippen LogP contribution in [0, 0.1) is 15.9 Å². The molecular formula is C32H28FN5O4. The molecule has 0 radical (unpaired) electrons. The smallest absolute Gasteiger partial charge is 0.287 e. The molecule has 5 rings (SSSR count).